The molecule has 3 aliphatic rings. The molecule has 0 spiro atoms. The highest BCUT2D eigenvalue weighted by molar-refractivity contribution is 5.97. The first-order valence-corrected chi connectivity index (χ1v) is 14.0. The lowest BCUT2D eigenvalue weighted by Crippen LogP contribution is -2.67. The number of hydrogen-bond acceptors (Lipinski definition) is 4. The van der Waals surface area contributed by atoms with Crippen LogP contribution in [0.2, 0.25) is 0 Å². The molecule has 8 rings (SSSR count). The number of fused-ring (bicyclic) bond motifs is 6. The van der Waals surface area contributed by atoms with Crippen LogP contribution in [0.15, 0.2) is 91.6 Å². The fourth-order valence-corrected chi connectivity index (χ4v) is 7.53. The lowest BCUT2D eigenvalue weighted by Gasteiger charge is -2.58. The van der Waals surface area contributed by atoms with Gasteiger partial charge >= 0.3 is 0 Å². The summed E-state index contributed by atoms with van der Waals surface area (Å²) in [5.74, 6) is 1.78. The van der Waals surface area contributed by atoms with Crippen molar-refractivity contribution < 1.29 is 14.3 Å². The van der Waals surface area contributed by atoms with Crippen LogP contribution in [0, 0.1) is 11.8 Å². The molecule has 3 saturated heterocycles. The summed E-state index contributed by atoms with van der Waals surface area (Å²) < 4.78 is 6.38. The van der Waals surface area contributed by atoms with Gasteiger partial charge in [-0.3, -0.25) is 4.98 Å². The van der Waals surface area contributed by atoms with Crippen LogP contribution in [0.3, 0.4) is 0 Å². The van der Waals surface area contributed by atoms with Crippen LogP contribution in [0.1, 0.15) is 30.1 Å². The van der Waals surface area contributed by atoms with Crippen LogP contribution in [0.4, 0.5) is 0 Å². The largest absolute Gasteiger partial charge is 0.497 e. The van der Waals surface area contributed by atoms with Crippen molar-refractivity contribution in [3.63, 3.8) is 0 Å². The summed E-state index contributed by atoms with van der Waals surface area (Å²) in [7, 11) is 1.68. The van der Waals surface area contributed by atoms with Gasteiger partial charge in [0, 0.05) is 46.7 Å². The third-order valence-electron chi connectivity index (χ3n) is 9.51. The number of hydrogen-bond donors (Lipinski definition) is 1. The summed E-state index contributed by atoms with van der Waals surface area (Å²) in [6.07, 6.45) is 5.51. The van der Waals surface area contributed by atoms with Gasteiger partial charge in [0.05, 0.1) is 36.7 Å². The van der Waals surface area contributed by atoms with Gasteiger partial charge in [0.2, 0.25) is 0 Å². The summed E-state index contributed by atoms with van der Waals surface area (Å²) in [5.41, 5.74) is 5.21. The van der Waals surface area contributed by atoms with Crippen molar-refractivity contribution in [2.45, 2.75) is 31.5 Å². The fraction of sp³-hybridized carbons (Fsp3) is 0.294. The number of aliphatic hydroxyl groups excluding tert-OH is 1. The standard InChI is InChI=1S/C34H34N3O2/c1-3-22-20-37(21-29-25-8-4-6-10-31(25)36-32-11-7-5-9-26(29)32)17-15-23(22)18-33(37)34(38)27-14-16-35-30-13-12-24(39-2)19-28(27)30/h3-14,16,19,22-23,33-34,38H,1,15,17-18,20-21H2,2H3/q+1/t22-,23-,33-,34+,37?/m0/s1. The number of rotatable bonds is 6. The molecule has 3 aromatic carbocycles. The van der Waals surface area contributed by atoms with E-state index in [-0.39, 0.29) is 6.04 Å². The van der Waals surface area contributed by atoms with Gasteiger partial charge in [-0.2, -0.15) is 0 Å². The number of benzene rings is 3. The third-order valence-corrected chi connectivity index (χ3v) is 9.51. The molecule has 2 aromatic heterocycles. The monoisotopic (exact) mass is 516 g/mol. The number of pyridine rings is 2. The Morgan fingerprint density at radius 3 is 2.46 bits per heavy atom. The zero-order valence-corrected chi connectivity index (χ0v) is 22.3. The van der Waals surface area contributed by atoms with Gasteiger partial charge in [-0.05, 0) is 47.9 Å². The maximum absolute atomic E-state index is 12.2. The number of aromatic nitrogens is 2. The van der Waals surface area contributed by atoms with Crippen molar-refractivity contribution >= 4 is 32.7 Å². The van der Waals surface area contributed by atoms with Crippen molar-refractivity contribution in [2.24, 2.45) is 11.8 Å². The van der Waals surface area contributed by atoms with E-state index in [4.69, 9.17) is 9.72 Å². The molecule has 0 radical (unpaired) electrons. The van der Waals surface area contributed by atoms with Gasteiger partial charge < -0.3 is 14.3 Å². The van der Waals surface area contributed by atoms with Crippen molar-refractivity contribution in [3.8, 4) is 5.75 Å². The van der Waals surface area contributed by atoms with Crippen molar-refractivity contribution in [1.82, 2.24) is 9.97 Å². The second kappa shape index (κ2) is 9.44. The molecule has 0 amide bonds. The van der Waals surface area contributed by atoms with Crippen LogP contribution < -0.4 is 4.74 Å². The molecule has 5 heterocycles. The zero-order chi connectivity index (χ0) is 26.6. The van der Waals surface area contributed by atoms with Crippen LogP contribution in [-0.2, 0) is 6.54 Å². The van der Waals surface area contributed by atoms with Gasteiger partial charge in [-0.15, -0.1) is 6.58 Å². The minimum absolute atomic E-state index is 0.0717. The lowest BCUT2D eigenvalue weighted by atomic mass is 9.71. The topological polar surface area (TPSA) is 55.2 Å². The van der Waals surface area contributed by atoms with Gasteiger partial charge in [-0.1, -0.05) is 42.5 Å². The van der Waals surface area contributed by atoms with E-state index in [1.807, 2.05) is 30.5 Å². The number of piperidine rings is 3. The first-order chi connectivity index (χ1) is 19.1. The molecule has 3 aliphatic heterocycles. The molecule has 196 valence electrons. The molecule has 2 bridgehead atoms. The highest BCUT2D eigenvalue weighted by Gasteiger charge is 2.54. The van der Waals surface area contributed by atoms with Gasteiger partial charge in [0.25, 0.3) is 0 Å². The van der Waals surface area contributed by atoms with E-state index in [9.17, 15) is 5.11 Å². The van der Waals surface area contributed by atoms with E-state index in [0.29, 0.717) is 11.8 Å². The Labute approximate surface area is 229 Å². The van der Waals surface area contributed by atoms with E-state index in [1.54, 1.807) is 7.11 Å². The number of aliphatic hydroxyl groups is 1. The van der Waals surface area contributed by atoms with Crippen LogP contribution in [-0.4, -0.2) is 45.8 Å². The van der Waals surface area contributed by atoms with Crippen molar-refractivity contribution in [1.29, 1.82) is 0 Å². The first kappa shape index (κ1) is 24.3. The summed E-state index contributed by atoms with van der Waals surface area (Å²) in [4.78, 5) is 9.56. The minimum atomic E-state index is -0.615. The Morgan fingerprint density at radius 1 is 1.00 bits per heavy atom. The van der Waals surface area contributed by atoms with Gasteiger partial charge in [0.15, 0.2) is 0 Å². The Balaban J connectivity index is 1.39. The molecular formula is C34H34N3O2+. The molecule has 5 atom stereocenters. The number of quaternary nitrogens is 1. The predicted molar refractivity (Wildman–Crippen MR) is 156 cm³/mol. The first-order valence-electron chi connectivity index (χ1n) is 14.0. The molecule has 39 heavy (non-hydrogen) atoms. The third kappa shape index (κ3) is 3.91. The van der Waals surface area contributed by atoms with Crippen LogP contribution in [0.5, 0.6) is 5.75 Å². The Kier molecular flexibility index (Phi) is 5.87. The summed E-state index contributed by atoms with van der Waals surface area (Å²) in [5, 5.41) is 15.6. The predicted octanol–water partition coefficient (Wildman–Crippen LogP) is 6.59. The van der Waals surface area contributed by atoms with E-state index < -0.39 is 6.10 Å². The van der Waals surface area contributed by atoms with Crippen LogP contribution >= 0.6 is 0 Å². The van der Waals surface area contributed by atoms with Gasteiger partial charge in [-0.25, -0.2) is 4.98 Å². The highest BCUT2D eigenvalue weighted by Crippen LogP contribution is 2.49. The number of para-hydroxylation sites is 2. The van der Waals surface area contributed by atoms with E-state index >= 15 is 0 Å². The summed E-state index contributed by atoms with van der Waals surface area (Å²) >= 11 is 0. The van der Waals surface area contributed by atoms with Crippen LogP contribution in [0.25, 0.3) is 32.7 Å². The number of methoxy groups -OCH3 is 1. The quantitative estimate of drug-likeness (QED) is 0.157. The molecule has 3 fully saturated rings. The molecule has 5 aromatic rings. The van der Waals surface area contributed by atoms with E-state index in [0.717, 1.165) is 70.2 Å². The molecule has 1 unspecified atom stereocenters. The van der Waals surface area contributed by atoms with E-state index in [2.05, 4.69) is 66.2 Å². The Hall–Kier alpha value is -3.80. The average Bonchev–Trinajstić information content (AvgIpc) is 3.00. The van der Waals surface area contributed by atoms with Crippen molar-refractivity contribution in [2.75, 3.05) is 20.2 Å². The van der Waals surface area contributed by atoms with E-state index in [1.165, 1.54) is 16.3 Å². The SMILES string of the molecule is C=C[C@H]1C[N+]2(Cc3c4ccccc4nc4ccccc34)CC[C@H]1C[C@H]2[C@H](O)c1ccnc2ccc(OC)cc12. The Morgan fingerprint density at radius 2 is 1.74 bits per heavy atom. The number of nitrogens with zero attached hydrogens (tertiary/aromatic N) is 3. The zero-order valence-electron chi connectivity index (χ0n) is 22.3. The smallest absolute Gasteiger partial charge is 0.131 e. The molecular weight excluding hydrogens is 482 g/mol. The second-order valence-corrected chi connectivity index (χ2v) is 11.4. The maximum atomic E-state index is 12.2. The van der Waals surface area contributed by atoms with Gasteiger partial charge in [0.1, 0.15) is 24.4 Å². The number of ether oxygens (including phenoxy) is 1. The molecule has 5 heteroatoms. The summed E-state index contributed by atoms with van der Waals surface area (Å²) in [6.45, 7) is 7.12. The lowest BCUT2D eigenvalue weighted by molar-refractivity contribution is -0.984. The normalized spacial score (nSPS) is 25.2. The molecule has 1 N–H and O–H groups in total. The summed E-state index contributed by atoms with van der Waals surface area (Å²) in [6, 6.07) is 25.0. The second-order valence-electron chi connectivity index (χ2n) is 11.4. The molecule has 0 aliphatic carbocycles. The maximum Gasteiger partial charge on any atom is 0.131 e. The average molecular weight is 517 g/mol. The van der Waals surface area contributed by atoms with Crippen molar-refractivity contribution in [3.05, 3.63) is 103 Å². The highest BCUT2D eigenvalue weighted by atomic mass is 16.5. The molecule has 0 saturated carbocycles. The Bertz CT molecular complexity index is 1660. The molecule has 5 nitrogen and oxygen atoms in total. The fourth-order valence-electron chi connectivity index (χ4n) is 7.53. The minimum Gasteiger partial charge on any atom is -0.497 e.